The van der Waals surface area contributed by atoms with E-state index >= 15 is 0 Å². The summed E-state index contributed by atoms with van der Waals surface area (Å²) in [5, 5.41) is 0.919. The molecule has 0 saturated heterocycles. The Labute approximate surface area is 94.2 Å². The summed E-state index contributed by atoms with van der Waals surface area (Å²) in [6.07, 6.45) is 7.27. The van der Waals surface area contributed by atoms with Crippen LogP contribution < -0.4 is 0 Å². The van der Waals surface area contributed by atoms with E-state index in [2.05, 4.69) is 20.8 Å². The van der Waals surface area contributed by atoms with Crippen molar-refractivity contribution in [1.29, 1.82) is 0 Å². The van der Waals surface area contributed by atoms with Crippen LogP contribution in [0.5, 0.6) is 0 Å². The van der Waals surface area contributed by atoms with E-state index in [9.17, 15) is 4.79 Å². The molecule has 0 heterocycles. The van der Waals surface area contributed by atoms with Crippen molar-refractivity contribution in [1.82, 2.24) is 4.90 Å². The van der Waals surface area contributed by atoms with Crippen molar-refractivity contribution < 1.29 is 4.79 Å². The third-order valence-corrected chi connectivity index (χ3v) is 3.93. The number of amides is 1. The lowest BCUT2D eigenvalue weighted by molar-refractivity contribution is -0.142. The van der Waals surface area contributed by atoms with Crippen LogP contribution in [0.2, 0.25) is 0 Å². The zero-order valence-corrected chi connectivity index (χ0v) is 10.1. The van der Waals surface area contributed by atoms with Crippen molar-refractivity contribution in [3.8, 4) is 0 Å². The van der Waals surface area contributed by atoms with Gasteiger partial charge in [-0.2, -0.15) is 0 Å². The van der Waals surface area contributed by atoms with E-state index in [1.165, 1.54) is 25.7 Å². The second-order valence-electron chi connectivity index (χ2n) is 4.43. The maximum absolute atomic E-state index is 12.1. The van der Waals surface area contributed by atoms with Crippen molar-refractivity contribution in [2.75, 3.05) is 11.9 Å². The van der Waals surface area contributed by atoms with Gasteiger partial charge in [-0.3, -0.25) is 4.79 Å². The third kappa shape index (κ3) is 1.97. The highest BCUT2D eigenvalue weighted by molar-refractivity contribution is 9.09. The van der Waals surface area contributed by atoms with Gasteiger partial charge in [0.25, 0.3) is 0 Å². The molecule has 2 nitrogen and oxygen atoms in total. The van der Waals surface area contributed by atoms with Crippen molar-refractivity contribution >= 4 is 21.8 Å². The van der Waals surface area contributed by atoms with Gasteiger partial charge in [0.05, 0.1) is 0 Å². The molecular formula is C11H18BrNO. The molecule has 2 rings (SSSR count). The average Bonchev–Trinajstić information content (AvgIpc) is 1.96. The smallest absolute Gasteiger partial charge is 0.225 e. The minimum atomic E-state index is 0.370. The Morgan fingerprint density at radius 3 is 2.21 bits per heavy atom. The van der Waals surface area contributed by atoms with Gasteiger partial charge in [0.1, 0.15) is 0 Å². The van der Waals surface area contributed by atoms with Crippen molar-refractivity contribution in [2.24, 2.45) is 5.92 Å². The number of halogens is 1. The van der Waals surface area contributed by atoms with E-state index in [4.69, 9.17) is 0 Å². The summed E-state index contributed by atoms with van der Waals surface area (Å²) in [6.45, 7) is 0.903. The monoisotopic (exact) mass is 259 g/mol. The Morgan fingerprint density at radius 1 is 1.21 bits per heavy atom. The predicted octanol–water partition coefficient (Wildman–Crippen LogP) is 2.56. The summed E-state index contributed by atoms with van der Waals surface area (Å²) in [6, 6.07) is 0.570. The fraction of sp³-hybridized carbons (Fsp3) is 0.909. The van der Waals surface area contributed by atoms with Crippen molar-refractivity contribution in [3.05, 3.63) is 0 Å². The molecule has 0 aromatic carbocycles. The van der Waals surface area contributed by atoms with Crippen LogP contribution >= 0.6 is 15.9 Å². The molecule has 2 fully saturated rings. The molecule has 2 aliphatic carbocycles. The lowest BCUT2D eigenvalue weighted by atomic mass is 9.82. The molecule has 0 spiro atoms. The summed E-state index contributed by atoms with van der Waals surface area (Å²) in [5.74, 6) is 0.801. The topological polar surface area (TPSA) is 20.3 Å². The van der Waals surface area contributed by atoms with Gasteiger partial charge < -0.3 is 4.90 Å². The Balaban J connectivity index is 1.90. The molecule has 0 N–H and O–H groups in total. The molecule has 80 valence electrons. The van der Waals surface area contributed by atoms with Gasteiger partial charge in [0.15, 0.2) is 0 Å². The van der Waals surface area contributed by atoms with Crippen molar-refractivity contribution in [2.45, 2.75) is 44.6 Å². The van der Waals surface area contributed by atoms with Crippen LogP contribution in [-0.2, 0) is 4.79 Å². The van der Waals surface area contributed by atoms with Crippen LogP contribution in [0.4, 0.5) is 0 Å². The summed E-state index contributed by atoms with van der Waals surface area (Å²) in [7, 11) is 0. The van der Waals surface area contributed by atoms with Gasteiger partial charge in [-0.15, -0.1) is 0 Å². The van der Waals surface area contributed by atoms with Crippen LogP contribution in [0.3, 0.4) is 0 Å². The summed E-state index contributed by atoms with van der Waals surface area (Å²) in [5.41, 5.74) is 0. The highest BCUT2D eigenvalue weighted by Gasteiger charge is 2.34. The van der Waals surface area contributed by atoms with Crippen LogP contribution in [0.15, 0.2) is 0 Å². The molecular weight excluding hydrogens is 242 g/mol. The van der Waals surface area contributed by atoms with Crippen LogP contribution in [-0.4, -0.2) is 28.7 Å². The molecule has 3 heteroatoms. The molecule has 0 radical (unpaired) electrons. The van der Waals surface area contributed by atoms with E-state index in [1.54, 1.807) is 0 Å². The Kier molecular flexibility index (Phi) is 3.47. The summed E-state index contributed by atoms with van der Waals surface area (Å²) in [4.78, 5) is 14.2. The average molecular weight is 260 g/mol. The lowest BCUT2D eigenvalue weighted by Crippen LogP contribution is -2.48. The first-order valence-electron chi connectivity index (χ1n) is 5.69. The van der Waals surface area contributed by atoms with E-state index in [-0.39, 0.29) is 0 Å². The van der Waals surface area contributed by atoms with Crippen LogP contribution in [0.1, 0.15) is 38.5 Å². The molecule has 2 aliphatic rings. The van der Waals surface area contributed by atoms with E-state index in [0.717, 1.165) is 24.7 Å². The number of rotatable bonds is 4. The van der Waals surface area contributed by atoms with Crippen LogP contribution in [0.25, 0.3) is 0 Å². The quantitative estimate of drug-likeness (QED) is 0.711. The van der Waals surface area contributed by atoms with E-state index in [0.29, 0.717) is 17.9 Å². The summed E-state index contributed by atoms with van der Waals surface area (Å²) >= 11 is 3.44. The maximum atomic E-state index is 12.1. The zero-order valence-electron chi connectivity index (χ0n) is 8.54. The van der Waals surface area contributed by atoms with Gasteiger partial charge >= 0.3 is 0 Å². The molecule has 0 unspecified atom stereocenters. The molecule has 0 atom stereocenters. The number of carbonyl (C=O) groups excluding carboxylic acids is 1. The van der Waals surface area contributed by atoms with Crippen LogP contribution in [0, 0.1) is 5.92 Å². The molecule has 1 amide bonds. The Bertz CT molecular complexity index is 211. The first kappa shape index (κ1) is 10.5. The minimum absolute atomic E-state index is 0.370. The SMILES string of the molecule is O=C(C1CCC1)N(CCBr)C1CCC1. The Morgan fingerprint density at radius 2 is 1.86 bits per heavy atom. The van der Waals surface area contributed by atoms with Gasteiger partial charge in [0.2, 0.25) is 5.91 Å². The van der Waals surface area contributed by atoms with Gasteiger partial charge in [0, 0.05) is 23.8 Å². The fourth-order valence-electron chi connectivity index (χ4n) is 2.15. The van der Waals surface area contributed by atoms with Gasteiger partial charge in [-0.25, -0.2) is 0 Å². The molecule has 0 aliphatic heterocycles. The first-order valence-corrected chi connectivity index (χ1v) is 6.81. The van der Waals surface area contributed by atoms with Gasteiger partial charge in [-0.05, 0) is 32.1 Å². The predicted molar refractivity (Wildman–Crippen MR) is 60.5 cm³/mol. The highest BCUT2D eigenvalue weighted by atomic mass is 79.9. The number of nitrogens with zero attached hydrogens (tertiary/aromatic N) is 1. The normalized spacial score (nSPS) is 22.6. The third-order valence-electron chi connectivity index (χ3n) is 3.58. The Hall–Kier alpha value is -0.0500. The fourth-order valence-corrected chi connectivity index (χ4v) is 2.53. The van der Waals surface area contributed by atoms with E-state index < -0.39 is 0 Å². The lowest BCUT2D eigenvalue weighted by Gasteiger charge is -2.40. The minimum Gasteiger partial charge on any atom is -0.339 e. The largest absolute Gasteiger partial charge is 0.339 e. The molecule has 14 heavy (non-hydrogen) atoms. The zero-order chi connectivity index (χ0) is 9.97. The molecule has 0 aromatic heterocycles. The van der Waals surface area contributed by atoms with E-state index in [1.807, 2.05) is 0 Å². The highest BCUT2D eigenvalue weighted by Crippen LogP contribution is 2.32. The van der Waals surface area contributed by atoms with Gasteiger partial charge in [-0.1, -0.05) is 22.4 Å². The second kappa shape index (κ2) is 4.65. The maximum Gasteiger partial charge on any atom is 0.225 e. The summed E-state index contributed by atoms with van der Waals surface area (Å²) < 4.78 is 0. The standard InChI is InChI=1S/C11H18BrNO/c12-7-8-13(10-5-2-6-10)11(14)9-3-1-4-9/h9-10H,1-8H2. The number of hydrogen-bond donors (Lipinski definition) is 0. The molecule has 0 bridgehead atoms. The number of hydrogen-bond acceptors (Lipinski definition) is 1. The number of alkyl halides is 1. The second-order valence-corrected chi connectivity index (χ2v) is 5.23. The molecule has 0 aromatic rings. The van der Waals surface area contributed by atoms with Crippen molar-refractivity contribution in [3.63, 3.8) is 0 Å². The first-order chi connectivity index (χ1) is 6.83. The number of carbonyl (C=O) groups is 1. The molecule has 2 saturated carbocycles.